The number of ether oxygens (including phenoxy) is 2. The van der Waals surface area contributed by atoms with Crippen LogP contribution in [0.15, 0.2) is 12.1 Å². The van der Waals surface area contributed by atoms with E-state index in [0.29, 0.717) is 17.8 Å². The molecule has 0 bridgehead atoms. The summed E-state index contributed by atoms with van der Waals surface area (Å²) in [5.74, 6) is 2.30. The second-order valence-electron chi connectivity index (χ2n) is 7.55. The van der Waals surface area contributed by atoms with Gasteiger partial charge in [0, 0.05) is 25.7 Å². The van der Waals surface area contributed by atoms with Gasteiger partial charge in [-0.25, -0.2) is 0 Å². The Bertz CT molecular complexity index is 550. The summed E-state index contributed by atoms with van der Waals surface area (Å²) in [5, 5.41) is 3.52. The van der Waals surface area contributed by atoms with Crippen LogP contribution in [0.25, 0.3) is 0 Å². The van der Waals surface area contributed by atoms with Crippen LogP contribution in [0.3, 0.4) is 0 Å². The third kappa shape index (κ3) is 4.76. The number of pyridine rings is 1. The Hall–Kier alpha value is -1.53. The van der Waals surface area contributed by atoms with Gasteiger partial charge in [-0.15, -0.1) is 0 Å². The van der Waals surface area contributed by atoms with E-state index in [1.807, 2.05) is 0 Å². The molecule has 25 heavy (non-hydrogen) atoms. The minimum Gasteiger partial charge on any atom is -0.479 e. The first-order chi connectivity index (χ1) is 12.0. The number of hydrogen-bond donors (Lipinski definition) is 2. The van der Waals surface area contributed by atoms with Crippen molar-refractivity contribution in [3.63, 3.8) is 0 Å². The van der Waals surface area contributed by atoms with Gasteiger partial charge in [-0.2, -0.15) is 4.98 Å². The molecule has 6 nitrogen and oxygen atoms in total. The van der Waals surface area contributed by atoms with Crippen molar-refractivity contribution in [2.75, 3.05) is 37.0 Å². The first-order valence-electron chi connectivity index (χ1n) is 9.50. The number of morpholine rings is 1. The lowest BCUT2D eigenvalue weighted by Gasteiger charge is -2.36. The topological polar surface area (TPSA) is 72.6 Å². The lowest BCUT2D eigenvalue weighted by Crippen LogP contribution is -2.45. The molecule has 2 fully saturated rings. The zero-order valence-electron chi connectivity index (χ0n) is 15.7. The highest BCUT2D eigenvalue weighted by Gasteiger charge is 2.24. The van der Waals surface area contributed by atoms with Crippen LogP contribution in [0, 0.1) is 5.92 Å². The van der Waals surface area contributed by atoms with Crippen LogP contribution in [-0.2, 0) is 4.74 Å². The van der Waals surface area contributed by atoms with Crippen molar-refractivity contribution < 1.29 is 9.47 Å². The van der Waals surface area contributed by atoms with Crippen LogP contribution >= 0.6 is 0 Å². The van der Waals surface area contributed by atoms with Crippen LogP contribution in [0.4, 0.5) is 11.5 Å². The lowest BCUT2D eigenvalue weighted by molar-refractivity contribution is -0.00548. The number of nitrogens with zero attached hydrogens (tertiary/aromatic N) is 2. The molecule has 0 radical (unpaired) electrons. The van der Waals surface area contributed by atoms with Gasteiger partial charge in [0.15, 0.2) is 0 Å². The number of aromatic nitrogens is 1. The number of hydrogen-bond acceptors (Lipinski definition) is 6. The zero-order chi connectivity index (χ0) is 17.8. The molecule has 1 aliphatic carbocycles. The molecule has 0 unspecified atom stereocenters. The van der Waals surface area contributed by atoms with Gasteiger partial charge in [-0.1, -0.05) is 0 Å². The quantitative estimate of drug-likeness (QED) is 0.852. The van der Waals surface area contributed by atoms with Crippen molar-refractivity contribution in [3.8, 4) is 5.88 Å². The van der Waals surface area contributed by atoms with Crippen LogP contribution in [-0.4, -0.2) is 50.0 Å². The predicted octanol–water partition coefficient (Wildman–Crippen LogP) is 2.63. The molecule has 0 spiro atoms. The molecular formula is C19H32N4O2. The molecule has 1 aromatic heterocycles. The van der Waals surface area contributed by atoms with Crippen molar-refractivity contribution >= 4 is 11.5 Å². The van der Waals surface area contributed by atoms with Gasteiger partial charge in [0.05, 0.1) is 25.0 Å². The van der Waals surface area contributed by atoms with Gasteiger partial charge < -0.3 is 25.4 Å². The number of rotatable bonds is 5. The molecule has 1 saturated heterocycles. The minimum absolute atomic E-state index is 0.215. The van der Waals surface area contributed by atoms with Crippen molar-refractivity contribution in [2.24, 2.45) is 11.7 Å². The van der Waals surface area contributed by atoms with Gasteiger partial charge in [-0.05, 0) is 57.6 Å². The first-order valence-corrected chi connectivity index (χ1v) is 9.50. The summed E-state index contributed by atoms with van der Waals surface area (Å²) in [7, 11) is 1.68. The first kappa shape index (κ1) is 18.3. The molecule has 3 N–H and O–H groups in total. The van der Waals surface area contributed by atoms with Crippen LogP contribution in [0.1, 0.15) is 39.5 Å². The SMILES string of the molecule is COc1nc(N2C[C@@H](C)O[C@@H](C)C2)ccc1NCC1CCC(N)CC1. The normalized spacial score (nSPS) is 30.2. The summed E-state index contributed by atoms with van der Waals surface area (Å²) < 4.78 is 11.3. The van der Waals surface area contributed by atoms with Gasteiger partial charge in [0.25, 0.3) is 0 Å². The van der Waals surface area contributed by atoms with E-state index in [2.05, 4.69) is 36.2 Å². The maximum atomic E-state index is 5.99. The summed E-state index contributed by atoms with van der Waals surface area (Å²) in [5.41, 5.74) is 6.96. The summed E-state index contributed by atoms with van der Waals surface area (Å²) in [4.78, 5) is 7.00. The molecular weight excluding hydrogens is 316 g/mol. The molecule has 1 aliphatic heterocycles. The summed E-state index contributed by atoms with van der Waals surface area (Å²) in [6, 6.07) is 4.55. The standard InChI is InChI=1S/C19H32N4O2/c1-13-11-23(12-14(2)25-13)18-9-8-17(19(22-18)24-3)21-10-15-4-6-16(20)7-5-15/h8-9,13-16,21H,4-7,10-12,20H2,1-3H3/t13-,14+,15?,16?. The molecule has 0 aromatic carbocycles. The van der Waals surface area contributed by atoms with E-state index in [1.54, 1.807) is 7.11 Å². The van der Waals surface area contributed by atoms with Gasteiger partial charge in [-0.3, -0.25) is 0 Å². The van der Waals surface area contributed by atoms with Gasteiger partial charge in [0.1, 0.15) is 5.82 Å². The highest BCUT2D eigenvalue weighted by molar-refractivity contribution is 5.58. The third-order valence-corrected chi connectivity index (χ3v) is 5.26. The molecule has 0 amide bonds. The average Bonchev–Trinajstić information content (AvgIpc) is 2.60. The smallest absolute Gasteiger partial charge is 0.239 e. The van der Waals surface area contributed by atoms with Crippen LogP contribution < -0.4 is 20.7 Å². The van der Waals surface area contributed by atoms with E-state index in [-0.39, 0.29) is 12.2 Å². The summed E-state index contributed by atoms with van der Waals surface area (Å²) in [6.45, 7) is 6.87. The van der Waals surface area contributed by atoms with E-state index in [0.717, 1.165) is 44.0 Å². The molecule has 140 valence electrons. The Morgan fingerprint density at radius 2 is 1.88 bits per heavy atom. The molecule has 6 heteroatoms. The van der Waals surface area contributed by atoms with Crippen molar-refractivity contribution in [1.82, 2.24) is 4.98 Å². The number of nitrogens with one attached hydrogen (secondary N) is 1. The largest absolute Gasteiger partial charge is 0.479 e. The van der Waals surface area contributed by atoms with Crippen molar-refractivity contribution in [3.05, 3.63) is 12.1 Å². The molecule has 2 heterocycles. The summed E-state index contributed by atoms with van der Waals surface area (Å²) >= 11 is 0. The van der Waals surface area contributed by atoms with Crippen LogP contribution in [0.5, 0.6) is 5.88 Å². The predicted molar refractivity (Wildman–Crippen MR) is 101 cm³/mol. The fourth-order valence-electron chi connectivity index (χ4n) is 3.91. The Kier molecular flexibility index (Phi) is 6.02. The average molecular weight is 348 g/mol. The second kappa shape index (κ2) is 8.23. The van der Waals surface area contributed by atoms with E-state index < -0.39 is 0 Å². The number of methoxy groups -OCH3 is 1. The number of nitrogens with two attached hydrogens (primary N) is 1. The molecule has 3 rings (SSSR count). The number of anilines is 2. The Labute approximate surface area is 151 Å². The van der Waals surface area contributed by atoms with Gasteiger partial charge >= 0.3 is 0 Å². The lowest BCUT2D eigenvalue weighted by atomic mass is 9.86. The molecule has 1 aromatic rings. The fourth-order valence-corrected chi connectivity index (χ4v) is 3.91. The van der Waals surface area contributed by atoms with E-state index in [1.165, 1.54) is 12.8 Å². The van der Waals surface area contributed by atoms with Gasteiger partial charge in [0.2, 0.25) is 5.88 Å². The minimum atomic E-state index is 0.215. The fraction of sp³-hybridized carbons (Fsp3) is 0.737. The maximum absolute atomic E-state index is 5.99. The van der Waals surface area contributed by atoms with E-state index in [4.69, 9.17) is 20.2 Å². The molecule has 2 aliphatic rings. The second-order valence-corrected chi connectivity index (χ2v) is 7.55. The zero-order valence-corrected chi connectivity index (χ0v) is 15.7. The highest BCUT2D eigenvalue weighted by atomic mass is 16.5. The monoisotopic (exact) mass is 348 g/mol. The molecule has 2 atom stereocenters. The van der Waals surface area contributed by atoms with E-state index in [9.17, 15) is 0 Å². The Morgan fingerprint density at radius 1 is 1.20 bits per heavy atom. The van der Waals surface area contributed by atoms with E-state index >= 15 is 0 Å². The Morgan fingerprint density at radius 3 is 2.52 bits per heavy atom. The maximum Gasteiger partial charge on any atom is 0.239 e. The molecule has 1 saturated carbocycles. The van der Waals surface area contributed by atoms with Crippen LogP contribution in [0.2, 0.25) is 0 Å². The van der Waals surface area contributed by atoms with Crippen molar-refractivity contribution in [2.45, 2.75) is 57.8 Å². The Balaban J connectivity index is 1.63. The highest BCUT2D eigenvalue weighted by Crippen LogP contribution is 2.29. The van der Waals surface area contributed by atoms with Crippen molar-refractivity contribution in [1.29, 1.82) is 0 Å². The third-order valence-electron chi connectivity index (χ3n) is 5.26. The summed E-state index contributed by atoms with van der Waals surface area (Å²) in [6.07, 6.45) is 5.10.